The Kier molecular flexibility index (Phi) is 4.54. The van der Waals surface area contributed by atoms with Gasteiger partial charge in [0.1, 0.15) is 5.15 Å². The lowest BCUT2D eigenvalue weighted by Gasteiger charge is -2.08. The van der Waals surface area contributed by atoms with Gasteiger partial charge in [-0.3, -0.25) is 14.9 Å². The van der Waals surface area contributed by atoms with Gasteiger partial charge in [0.15, 0.2) is 0 Å². The lowest BCUT2D eigenvalue weighted by molar-refractivity contribution is -0.385. The van der Waals surface area contributed by atoms with E-state index in [1.165, 1.54) is 31.3 Å². The maximum atomic E-state index is 12.2. The summed E-state index contributed by atoms with van der Waals surface area (Å²) >= 11 is 8.97. The van der Waals surface area contributed by atoms with Gasteiger partial charge in [-0.25, -0.2) is 4.98 Å². The SMILES string of the molecule is Cc1c(C(=O)Nc2cnc(Cl)c(Br)c2)cccc1[N+](=O)[O-]. The van der Waals surface area contributed by atoms with Gasteiger partial charge in [0.05, 0.1) is 21.3 Å². The van der Waals surface area contributed by atoms with Gasteiger partial charge in [0.2, 0.25) is 0 Å². The number of carbonyl (C=O) groups excluding carboxylic acids is 1. The van der Waals surface area contributed by atoms with Gasteiger partial charge < -0.3 is 5.32 Å². The van der Waals surface area contributed by atoms with Crippen molar-refractivity contribution in [3.8, 4) is 0 Å². The molecule has 6 nitrogen and oxygen atoms in total. The second kappa shape index (κ2) is 6.19. The van der Waals surface area contributed by atoms with Crippen molar-refractivity contribution in [1.82, 2.24) is 4.98 Å². The first-order valence-electron chi connectivity index (χ1n) is 5.76. The van der Waals surface area contributed by atoms with Crippen molar-refractivity contribution in [2.75, 3.05) is 5.32 Å². The molecule has 8 heteroatoms. The van der Waals surface area contributed by atoms with Crippen molar-refractivity contribution in [2.24, 2.45) is 0 Å². The lowest BCUT2D eigenvalue weighted by atomic mass is 10.1. The molecule has 0 radical (unpaired) electrons. The summed E-state index contributed by atoms with van der Waals surface area (Å²) < 4.78 is 0.540. The van der Waals surface area contributed by atoms with E-state index in [-0.39, 0.29) is 16.4 Å². The minimum atomic E-state index is -0.521. The highest BCUT2D eigenvalue weighted by Gasteiger charge is 2.18. The molecule has 0 bridgehead atoms. The fraction of sp³-hybridized carbons (Fsp3) is 0.0769. The quantitative estimate of drug-likeness (QED) is 0.503. The Bertz CT molecular complexity index is 737. The van der Waals surface area contributed by atoms with Gasteiger partial charge in [-0.05, 0) is 35.0 Å². The van der Waals surface area contributed by atoms with Gasteiger partial charge in [0.25, 0.3) is 11.6 Å². The third-order valence-corrected chi connectivity index (χ3v) is 3.93. The van der Waals surface area contributed by atoms with Crippen LogP contribution in [-0.2, 0) is 0 Å². The highest BCUT2D eigenvalue weighted by Crippen LogP contribution is 2.25. The molecule has 1 heterocycles. The molecular formula is C13H9BrClN3O3. The molecule has 0 unspecified atom stereocenters. The van der Waals surface area contributed by atoms with Crippen molar-refractivity contribution in [3.05, 3.63) is 61.3 Å². The summed E-state index contributed by atoms with van der Waals surface area (Å²) in [6, 6.07) is 5.94. The average Bonchev–Trinajstić information content (AvgIpc) is 2.42. The number of nitrogens with zero attached hydrogens (tertiary/aromatic N) is 2. The van der Waals surface area contributed by atoms with Crippen LogP contribution < -0.4 is 5.32 Å². The summed E-state index contributed by atoms with van der Waals surface area (Å²) in [6.07, 6.45) is 1.40. The zero-order valence-electron chi connectivity index (χ0n) is 10.8. The molecule has 108 valence electrons. The van der Waals surface area contributed by atoms with Gasteiger partial charge >= 0.3 is 0 Å². The van der Waals surface area contributed by atoms with Crippen molar-refractivity contribution < 1.29 is 9.72 Å². The van der Waals surface area contributed by atoms with E-state index in [4.69, 9.17) is 11.6 Å². The maximum Gasteiger partial charge on any atom is 0.273 e. The summed E-state index contributed by atoms with van der Waals surface area (Å²) in [5.41, 5.74) is 0.872. The first kappa shape index (κ1) is 15.4. The zero-order valence-corrected chi connectivity index (χ0v) is 13.1. The first-order valence-corrected chi connectivity index (χ1v) is 6.93. The Balaban J connectivity index is 2.30. The van der Waals surface area contributed by atoms with Crippen LogP contribution in [0.15, 0.2) is 34.9 Å². The van der Waals surface area contributed by atoms with E-state index in [1.54, 1.807) is 6.07 Å². The summed E-state index contributed by atoms with van der Waals surface area (Å²) in [5.74, 6) is -0.452. The van der Waals surface area contributed by atoms with Gasteiger partial charge in [-0.1, -0.05) is 17.7 Å². The van der Waals surface area contributed by atoms with Crippen LogP contribution in [-0.4, -0.2) is 15.8 Å². The highest BCUT2D eigenvalue weighted by atomic mass is 79.9. The molecule has 1 N–H and O–H groups in total. The minimum absolute atomic E-state index is 0.0990. The monoisotopic (exact) mass is 369 g/mol. The van der Waals surface area contributed by atoms with Crippen LogP contribution >= 0.6 is 27.5 Å². The van der Waals surface area contributed by atoms with Crippen molar-refractivity contribution in [2.45, 2.75) is 6.92 Å². The number of rotatable bonds is 3. The van der Waals surface area contributed by atoms with Crippen molar-refractivity contribution >= 4 is 44.8 Å². The number of pyridine rings is 1. The normalized spacial score (nSPS) is 10.2. The molecule has 2 aromatic rings. The molecule has 0 saturated carbocycles. The molecule has 0 fully saturated rings. The molecule has 0 aliphatic rings. The van der Waals surface area contributed by atoms with Gasteiger partial charge in [-0.2, -0.15) is 0 Å². The summed E-state index contributed by atoms with van der Waals surface area (Å²) in [6.45, 7) is 1.53. The van der Waals surface area contributed by atoms with Crippen LogP contribution in [0, 0.1) is 17.0 Å². The van der Waals surface area contributed by atoms with E-state index < -0.39 is 10.8 Å². The Morgan fingerprint density at radius 3 is 2.81 bits per heavy atom. The van der Waals surface area contributed by atoms with E-state index in [2.05, 4.69) is 26.2 Å². The molecule has 0 saturated heterocycles. The summed E-state index contributed by atoms with van der Waals surface area (Å²) in [4.78, 5) is 26.4. The maximum absolute atomic E-state index is 12.2. The molecule has 2 rings (SSSR count). The number of nitro benzene ring substituents is 1. The minimum Gasteiger partial charge on any atom is -0.321 e. The molecule has 1 amide bonds. The van der Waals surface area contributed by atoms with E-state index >= 15 is 0 Å². The van der Waals surface area contributed by atoms with Crippen LogP contribution in [0.25, 0.3) is 0 Å². The third kappa shape index (κ3) is 3.37. The fourth-order valence-electron chi connectivity index (χ4n) is 1.76. The number of benzene rings is 1. The number of anilines is 1. The first-order chi connectivity index (χ1) is 9.90. The molecule has 1 aromatic heterocycles. The van der Waals surface area contributed by atoms with Crippen LogP contribution in [0.2, 0.25) is 5.15 Å². The average molecular weight is 371 g/mol. The number of aromatic nitrogens is 1. The molecule has 0 atom stereocenters. The van der Waals surface area contributed by atoms with Gasteiger partial charge in [0, 0.05) is 17.2 Å². The predicted molar refractivity (Wildman–Crippen MR) is 82.7 cm³/mol. The number of hydrogen-bond acceptors (Lipinski definition) is 4. The number of nitrogens with one attached hydrogen (secondary N) is 1. The Morgan fingerprint density at radius 1 is 1.48 bits per heavy atom. The molecule has 1 aromatic carbocycles. The van der Waals surface area contributed by atoms with Crippen LogP contribution in [0.5, 0.6) is 0 Å². The Morgan fingerprint density at radius 2 is 2.19 bits per heavy atom. The predicted octanol–water partition coefficient (Wildman–Crippen LogP) is 3.97. The van der Waals surface area contributed by atoms with E-state index in [0.717, 1.165) is 0 Å². The second-order valence-corrected chi connectivity index (χ2v) is 5.37. The standard InChI is InChI=1S/C13H9BrClN3O3/c1-7-9(3-2-4-11(7)18(20)21)13(19)17-8-5-10(14)12(15)16-6-8/h2-6H,1H3,(H,17,19). The molecular weight excluding hydrogens is 362 g/mol. The molecule has 21 heavy (non-hydrogen) atoms. The van der Waals surface area contributed by atoms with Crippen LogP contribution in [0.1, 0.15) is 15.9 Å². The van der Waals surface area contributed by atoms with E-state index in [1.807, 2.05) is 0 Å². The van der Waals surface area contributed by atoms with Crippen LogP contribution in [0.3, 0.4) is 0 Å². The summed E-state index contributed by atoms with van der Waals surface area (Å²) in [7, 11) is 0. The second-order valence-electron chi connectivity index (χ2n) is 4.16. The molecule has 0 aliphatic heterocycles. The van der Waals surface area contributed by atoms with Gasteiger partial charge in [-0.15, -0.1) is 0 Å². The van der Waals surface area contributed by atoms with Crippen molar-refractivity contribution in [1.29, 1.82) is 0 Å². The smallest absolute Gasteiger partial charge is 0.273 e. The largest absolute Gasteiger partial charge is 0.321 e. The molecule has 0 spiro atoms. The number of hydrogen-bond donors (Lipinski definition) is 1. The van der Waals surface area contributed by atoms with E-state index in [0.29, 0.717) is 15.7 Å². The number of halogens is 2. The Hall–Kier alpha value is -1.99. The Labute approximate surface area is 133 Å². The van der Waals surface area contributed by atoms with Crippen LogP contribution in [0.4, 0.5) is 11.4 Å². The van der Waals surface area contributed by atoms with E-state index in [9.17, 15) is 14.9 Å². The number of nitro groups is 1. The number of amides is 1. The van der Waals surface area contributed by atoms with Crippen molar-refractivity contribution in [3.63, 3.8) is 0 Å². The topological polar surface area (TPSA) is 85.1 Å². The number of carbonyl (C=O) groups is 1. The third-order valence-electron chi connectivity index (χ3n) is 2.80. The zero-order chi connectivity index (χ0) is 15.6. The fourth-order valence-corrected chi connectivity index (χ4v) is 2.21. The highest BCUT2D eigenvalue weighted by molar-refractivity contribution is 9.10. The molecule has 0 aliphatic carbocycles. The summed E-state index contributed by atoms with van der Waals surface area (Å²) in [5, 5.41) is 13.8. The lowest BCUT2D eigenvalue weighted by Crippen LogP contribution is -2.14.